The van der Waals surface area contributed by atoms with Gasteiger partial charge >= 0.3 is 6.36 Å². The summed E-state index contributed by atoms with van der Waals surface area (Å²) >= 11 is 3.07. The Morgan fingerprint density at radius 2 is 2.00 bits per heavy atom. The highest BCUT2D eigenvalue weighted by Crippen LogP contribution is 2.35. The molecule has 0 N–H and O–H groups in total. The zero-order valence-corrected chi connectivity index (χ0v) is 12.7. The number of hydrogen-bond donors (Lipinski definition) is 0. The van der Waals surface area contributed by atoms with Crippen LogP contribution in [0.3, 0.4) is 0 Å². The van der Waals surface area contributed by atoms with Crippen LogP contribution in [-0.2, 0) is 9.53 Å². The van der Waals surface area contributed by atoms with Crippen molar-refractivity contribution in [1.82, 2.24) is 4.90 Å². The van der Waals surface area contributed by atoms with Crippen molar-refractivity contribution < 1.29 is 27.4 Å². The molecule has 0 bridgehead atoms. The molecule has 0 radical (unpaired) electrons. The molecular weight excluding hydrogens is 355 g/mol. The molecule has 114 valence electrons. The normalized spacial score (nSPS) is 18.8. The fourth-order valence-corrected chi connectivity index (χ4v) is 2.28. The number of halogens is 4. The molecule has 0 fully saturated rings. The molecule has 1 heterocycles. The molecule has 0 aliphatic carbocycles. The Morgan fingerprint density at radius 1 is 1.33 bits per heavy atom. The molecule has 0 saturated carbocycles. The van der Waals surface area contributed by atoms with Crippen molar-refractivity contribution in [2.24, 2.45) is 0 Å². The Bertz CT molecular complexity index is 599. The highest BCUT2D eigenvalue weighted by atomic mass is 79.9. The quantitative estimate of drug-likeness (QED) is 0.771. The first-order chi connectivity index (χ1) is 9.69. The van der Waals surface area contributed by atoms with E-state index in [0.29, 0.717) is 5.56 Å². The van der Waals surface area contributed by atoms with Gasteiger partial charge in [-0.25, -0.2) is 0 Å². The van der Waals surface area contributed by atoms with E-state index in [4.69, 9.17) is 4.74 Å². The summed E-state index contributed by atoms with van der Waals surface area (Å²) in [7, 11) is 3.34. The van der Waals surface area contributed by atoms with Gasteiger partial charge in [-0.15, -0.1) is 13.2 Å². The number of benzene rings is 1. The fourth-order valence-electron chi connectivity index (χ4n) is 1.87. The van der Waals surface area contributed by atoms with Gasteiger partial charge < -0.3 is 14.4 Å². The molecule has 1 unspecified atom stereocenters. The van der Waals surface area contributed by atoms with Crippen LogP contribution < -0.4 is 4.74 Å². The van der Waals surface area contributed by atoms with E-state index in [-0.39, 0.29) is 17.2 Å². The van der Waals surface area contributed by atoms with Crippen LogP contribution in [-0.4, -0.2) is 36.2 Å². The van der Waals surface area contributed by atoms with Crippen molar-refractivity contribution in [2.45, 2.75) is 11.4 Å². The van der Waals surface area contributed by atoms with E-state index in [0.717, 1.165) is 6.07 Å². The average molecular weight is 366 g/mol. The first kappa shape index (κ1) is 15.7. The van der Waals surface area contributed by atoms with Crippen LogP contribution >= 0.6 is 15.9 Å². The highest BCUT2D eigenvalue weighted by Gasteiger charge is 2.36. The van der Waals surface area contributed by atoms with Gasteiger partial charge in [0.2, 0.25) is 16.7 Å². The van der Waals surface area contributed by atoms with Crippen molar-refractivity contribution in [3.05, 3.63) is 35.7 Å². The molecule has 1 aliphatic rings. The van der Waals surface area contributed by atoms with E-state index in [1.165, 1.54) is 18.2 Å². The van der Waals surface area contributed by atoms with Crippen LogP contribution in [0.2, 0.25) is 0 Å². The lowest BCUT2D eigenvalue weighted by atomic mass is 10.0. The number of Topliss-reactive ketones (excluding diaryl/α,β-unsaturated/α-hetero) is 1. The van der Waals surface area contributed by atoms with Gasteiger partial charge in [0, 0.05) is 14.1 Å². The topological polar surface area (TPSA) is 38.8 Å². The zero-order valence-electron chi connectivity index (χ0n) is 11.1. The molecule has 4 nitrogen and oxygen atoms in total. The Labute approximate surface area is 127 Å². The van der Waals surface area contributed by atoms with Gasteiger partial charge in [-0.05, 0) is 33.6 Å². The number of carbonyl (C=O) groups is 1. The molecule has 0 amide bonds. The van der Waals surface area contributed by atoms with E-state index < -0.39 is 17.1 Å². The minimum atomic E-state index is -4.79. The summed E-state index contributed by atoms with van der Waals surface area (Å²) in [6.45, 7) is 0. The minimum Gasteiger partial charge on any atom is -0.455 e. The molecule has 1 atom stereocenters. The number of alkyl halides is 4. The predicted molar refractivity (Wildman–Crippen MR) is 72.5 cm³/mol. The Morgan fingerprint density at radius 3 is 2.57 bits per heavy atom. The number of rotatable bonds is 3. The summed E-state index contributed by atoms with van der Waals surface area (Å²) in [4.78, 5) is 13.7. The Kier molecular flexibility index (Phi) is 4.18. The van der Waals surface area contributed by atoms with Gasteiger partial charge in [0.15, 0.2) is 0 Å². The maximum absolute atomic E-state index is 12.3. The van der Waals surface area contributed by atoms with E-state index in [1.54, 1.807) is 19.0 Å². The SMILES string of the molecule is CN(C)C1=C(c2cccc(OC(F)(F)F)c2)C(=O)C(Br)O1. The third-order valence-corrected chi connectivity index (χ3v) is 3.25. The standard InChI is InChI=1S/C13H11BrF3NO3/c1-18(2)12-9(10(19)11(14)20-12)7-4-3-5-8(6-7)21-13(15,16)17/h3-6,11H,1-2H3. The number of ether oxygens (including phenoxy) is 2. The summed E-state index contributed by atoms with van der Waals surface area (Å²) in [5.74, 6) is -0.467. The van der Waals surface area contributed by atoms with Crippen molar-refractivity contribution in [1.29, 1.82) is 0 Å². The van der Waals surface area contributed by atoms with Gasteiger partial charge in [0.05, 0.1) is 5.57 Å². The van der Waals surface area contributed by atoms with Crippen LogP contribution in [0.5, 0.6) is 5.75 Å². The van der Waals surface area contributed by atoms with Crippen molar-refractivity contribution >= 4 is 27.3 Å². The van der Waals surface area contributed by atoms with Gasteiger partial charge in [-0.2, -0.15) is 0 Å². The third-order valence-electron chi connectivity index (χ3n) is 2.64. The lowest BCUT2D eigenvalue weighted by molar-refractivity contribution is -0.274. The number of nitrogens with zero attached hydrogens (tertiary/aromatic N) is 1. The van der Waals surface area contributed by atoms with E-state index >= 15 is 0 Å². The van der Waals surface area contributed by atoms with E-state index in [2.05, 4.69) is 20.7 Å². The first-order valence-electron chi connectivity index (χ1n) is 5.82. The van der Waals surface area contributed by atoms with Crippen molar-refractivity contribution in [2.75, 3.05) is 14.1 Å². The summed E-state index contributed by atoms with van der Waals surface area (Å²) in [5.41, 5.74) is 0.502. The number of hydrogen-bond acceptors (Lipinski definition) is 4. The summed E-state index contributed by atoms with van der Waals surface area (Å²) in [5, 5.41) is -0.850. The molecule has 1 aromatic carbocycles. The predicted octanol–water partition coefficient (Wildman–Crippen LogP) is 3.14. The number of ketones is 1. The second-order valence-electron chi connectivity index (χ2n) is 4.45. The second kappa shape index (κ2) is 5.59. The molecule has 0 saturated heterocycles. The van der Waals surface area contributed by atoms with Crippen LogP contribution in [0.1, 0.15) is 5.56 Å². The van der Waals surface area contributed by atoms with Crippen molar-refractivity contribution in [3.8, 4) is 5.75 Å². The second-order valence-corrected chi connectivity index (χ2v) is 5.28. The Balaban J connectivity index is 2.43. The molecule has 0 spiro atoms. The van der Waals surface area contributed by atoms with E-state index in [9.17, 15) is 18.0 Å². The maximum atomic E-state index is 12.3. The smallest absolute Gasteiger partial charge is 0.455 e. The van der Waals surface area contributed by atoms with Crippen LogP contribution in [0.25, 0.3) is 5.57 Å². The average Bonchev–Trinajstić information content (AvgIpc) is 2.64. The van der Waals surface area contributed by atoms with Gasteiger partial charge in [0.1, 0.15) is 5.75 Å². The van der Waals surface area contributed by atoms with Gasteiger partial charge in [-0.1, -0.05) is 12.1 Å². The van der Waals surface area contributed by atoms with Crippen LogP contribution in [0.4, 0.5) is 13.2 Å². The van der Waals surface area contributed by atoms with Crippen molar-refractivity contribution in [3.63, 3.8) is 0 Å². The molecule has 21 heavy (non-hydrogen) atoms. The summed E-state index contributed by atoms with van der Waals surface area (Å²) in [6, 6.07) is 5.22. The minimum absolute atomic E-state index is 0.203. The van der Waals surface area contributed by atoms with Gasteiger partial charge in [-0.3, -0.25) is 4.79 Å². The highest BCUT2D eigenvalue weighted by molar-refractivity contribution is 9.09. The van der Waals surface area contributed by atoms with Crippen LogP contribution in [0.15, 0.2) is 30.1 Å². The summed E-state index contributed by atoms with van der Waals surface area (Å²) < 4.78 is 46.0. The molecule has 0 aromatic heterocycles. The first-order valence-corrected chi connectivity index (χ1v) is 6.73. The van der Waals surface area contributed by atoms with Crippen LogP contribution in [0, 0.1) is 0 Å². The number of carbonyl (C=O) groups excluding carboxylic acids is 1. The lowest BCUT2D eigenvalue weighted by Crippen LogP contribution is -2.17. The molecule has 1 aromatic rings. The fraction of sp³-hybridized carbons (Fsp3) is 0.308. The molecule has 8 heteroatoms. The zero-order chi connectivity index (χ0) is 15.8. The van der Waals surface area contributed by atoms with E-state index in [1.807, 2.05) is 0 Å². The molecule has 1 aliphatic heterocycles. The molecular formula is C13H11BrF3NO3. The molecule has 2 rings (SSSR count). The third kappa shape index (κ3) is 3.49. The lowest BCUT2D eigenvalue weighted by Gasteiger charge is -2.15. The largest absolute Gasteiger partial charge is 0.573 e. The summed E-state index contributed by atoms with van der Waals surface area (Å²) in [6.07, 6.45) is -4.79. The maximum Gasteiger partial charge on any atom is 0.573 e. The monoisotopic (exact) mass is 365 g/mol. The van der Waals surface area contributed by atoms with Gasteiger partial charge in [0.25, 0.3) is 0 Å². The Hall–Kier alpha value is -1.70.